The van der Waals surface area contributed by atoms with E-state index in [2.05, 4.69) is 20.6 Å². The lowest BCUT2D eigenvalue weighted by atomic mass is 9.99. The summed E-state index contributed by atoms with van der Waals surface area (Å²) in [5.74, 6) is 0.142. The van der Waals surface area contributed by atoms with Crippen molar-refractivity contribution in [3.05, 3.63) is 16.1 Å². The van der Waals surface area contributed by atoms with Crippen LogP contribution in [0.3, 0.4) is 0 Å². The summed E-state index contributed by atoms with van der Waals surface area (Å²) in [5, 5.41) is 6.24. The normalized spacial score (nSPS) is 29.0. The second kappa shape index (κ2) is 6.02. The van der Waals surface area contributed by atoms with Gasteiger partial charge in [-0.3, -0.25) is 9.69 Å². The number of fused-ring (bicyclic) bond motifs is 2. The van der Waals surface area contributed by atoms with Crippen LogP contribution in [-0.4, -0.2) is 47.1 Å². The molecule has 3 unspecified atom stereocenters. The fourth-order valence-corrected chi connectivity index (χ4v) is 3.85. The predicted octanol–water partition coefficient (Wildman–Crippen LogP) is 1.57. The highest BCUT2D eigenvalue weighted by atomic mass is 32.1. The second-order valence-corrected chi connectivity index (χ2v) is 7.42. The quantitative estimate of drug-likeness (QED) is 0.917. The van der Waals surface area contributed by atoms with Crippen molar-refractivity contribution in [3.8, 4) is 0 Å². The first-order valence-corrected chi connectivity index (χ1v) is 8.48. The number of aromatic nitrogens is 1. The summed E-state index contributed by atoms with van der Waals surface area (Å²) in [7, 11) is 0. The van der Waals surface area contributed by atoms with Gasteiger partial charge in [0.15, 0.2) is 0 Å². The van der Waals surface area contributed by atoms with Gasteiger partial charge in [0.2, 0.25) is 5.91 Å². The van der Waals surface area contributed by atoms with Crippen LogP contribution in [-0.2, 0) is 16.1 Å². The molecule has 116 valence electrons. The van der Waals surface area contributed by atoms with E-state index in [1.165, 1.54) is 0 Å². The summed E-state index contributed by atoms with van der Waals surface area (Å²) in [6.07, 6.45) is 1.06. The number of ether oxygens (including phenoxy) is 1. The predicted molar refractivity (Wildman–Crippen MR) is 82.2 cm³/mol. The Balaban J connectivity index is 1.60. The van der Waals surface area contributed by atoms with E-state index < -0.39 is 0 Å². The molecule has 3 atom stereocenters. The summed E-state index contributed by atoms with van der Waals surface area (Å²) >= 11 is 1.69. The molecule has 2 aliphatic heterocycles. The molecular weight excluding hydrogens is 286 g/mol. The zero-order valence-corrected chi connectivity index (χ0v) is 13.7. The van der Waals surface area contributed by atoms with Crippen molar-refractivity contribution >= 4 is 17.2 Å². The SMILES string of the molecule is Cc1nc(CN2CC3CC(C(=O)NC(C)C)C(C2)O3)cs1. The summed E-state index contributed by atoms with van der Waals surface area (Å²) in [6, 6.07) is 0.187. The standard InChI is InChI=1S/C15H23N3O2S/c1-9(2)16-15(19)13-4-12-6-18(7-14(13)20-12)5-11-8-21-10(3)17-11/h8-9,12-14H,4-7H2,1-3H3,(H,16,19). The fourth-order valence-electron chi connectivity index (χ4n) is 3.24. The number of rotatable bonds is 4. The van der Waals surface area contributed by atoms with Gasteiger partial charge < -0.3 is 10.1 Å². The zero-order chi connectivity index (χ0) is 15.0. The molecule has 0 saturated carbocycles. The molecule has 3 heterocycles. The van der Waals surface area contributed by atoms with E-state index in [0.717, 1.165) is 36.8 Å². The lowest BCUT2D eigenvalue weighted by Crippen LogP contribution is -2.45. The van der Waals surface area contributed by atoms with E-state index >= 15 is 0 Å². The Kier molecular flexibility index (Phi) is 4.28. The number of hydrogen-bond acceptors (Lipinski definition) is 5. The van der Waals surface area contributed by atoms with Crippen LogP contribution >= 0.6 is 11.3 Å². The highest BCUT2D eigenvalue weighted by Crippen LogP contribution is 2.32. The third kappa shape index (κ3) is 3.44. The minimum atomic E-state index is -0.000398. The average Bonchev–Trinajstić information content (AvgIpc) is 2.92. The molecule has 5 nitrogen and oxygen atoms in total. The Morgan fingerprint density at radius 2 is 2.38 bits per heavy atom. The largest absolute Gasteiger partial charge is 0.371 e. The number of likely N-dealkylation sites (tertiary alicyclic amines) is 1. The van der Waals surface area contributed by atoms with Gasteiger partial charge in [0, 0.05) is 31.1 Å². The van der Waals surface area contributed by atoms with Crippen molar-refractivity contribution in [3.63, 3.8) is 0 Å². The molecular formula is C15H23N3O2S. The van der Waals surface area contributed by atoms with Gasteiger partial charge >= 0.3 is 0 Å². The van der Waals surface area contributed by atoms with Crippen molar-refractivity contribution in [1.82, 2.24) is 15.2 Å². The Bertz CT molecular complexity index is 517. The molecule has 1 amide bonds. The number of hydrogen-bond donors (Lipinski definition) is 1. The van der Waals surface area contributed by atoms with Crippen LogP contribution < -0.4 is 5.32 Å². The number of thiazole rings is 1. The Morgan fingerprint density at radius 1 is 1.57 bits per heavy atom. The molecule has 2 bridgehead atoms. The van der Waals surface area contributed by atoms with E-state index in [-0.39, 0.29) is 30.1 Å². The first-order valence-electron chi connectivity index (χ1n) is 7.60. The molecule has 0 radical (unpaired) electrons. The second-order valence-electron chi connectivity index (χ2n) is 6.35. The molecule has 0 aromatic carbocycles. The summed E-state index contributed by atoms with van der Waals surface area (Å²) in [5.41, 5.74) is 1.13. The van der Waals surface area contributed by atoms with Crippen LogP contribution in [0, 0.1) is 12.8 Å². The molecule has 21 heavy (non-hydrogen) atoms. The van der Waals surface area contributed by atoms with Gasteiger partial charge in [-0.2, -0.15) is 0 Å². The maximum absolute atomic E-state index is 12.2. The minimum absolute atomic E-state index is 0.000398. The van der Waals surface area contributed by atoms with Crippen molar-refractivity contribution in [1.29, 1.82) is 0 Å². The van der Waals surface area contributed by atoms with E-state index in [0.29, 0.717) is 0 Å². The lowest BCUT2D eigenvalue weighted by Gasteiger charge is -2.32. The van der Waals surface area contributed by atoms with Crippen molar-refractivity contribution < 1.29 is 9.53 Å². The molecule has 6 heteroatoms. The Labute approximate surface area is 129 Å². The number of nitrogens with one attached hydrogen (secondary N) is 1. The molecule has 3 rings (SSSR count). The topological polar surface area (TPSA) is 54.5 Å². The Hall–Kier alpha value is -0.980. The summed E-state index contributed by atoms with van der Waals surface area (Å²) < 4.78 is 5.97. The van der Waals surface area contributed by atoms with Gasteiger partial charge in [-0.25, -0.2) is 4.98 Å². The molecule has 1 aromatic heterocycles. The van der Waals surface area contributed by atoms with Crippen LogP contribution in [0.2, 0.25) is 0 Å². The molecule has 2 saturated heterocycles. The van der Waals surface area contributed by atoms with E-state index in [1.807, 2.05) is 20.8 Å². The van der Waals surface area contributed by atoms with Crippen LogP contribution in [0.4, 0.5) is 0 Å². The maximum atomic E-state index is 12.2. The highest BCUT2D eigenvalue weighted by Gasteiger charge is 2.44. The molecule has 0 spiro atoms. The van der Waals surface area contributed by atoms with Gasteiger partial charge in [0.25, 0.3) is 0 Å². The molecule has 1 N–H and O–H groups in total. The first kappa shape index (κ1) is 14.9. The van der Waals surface area contributed by atoms with Crippen LogP contribution in [0.5, 0.6) is 0 Å². The number of carbonyl (C=O) groups excluding carboxylic acids is 1. The lowest BCUT2D eigenvalue weighted by molar-refractivity contribution is -0.128. The maximum Gasteiger partial charge on any atom is 0.226 e. The summed E-state index contributed by atoms with van der Waals surface area (Å²) in [4.78, 5) is 19.1. The average molecular weight is 309 g/mol. The minimum Gasteiger partial charge on any atom is -0.371 e. The van der Waals surface area contributed by atoms with Gasteiger partial charge in [-0.1, -0.05) is 0 Å². The number of aryl methyl sites for hydroxylation is 1. The highest BCUT2D eigenvalue weighted by molar-refractivity contribution is 7.09. The number of amides is 1. The molecule has 0 aliphatic carbocycles. The van der Waals surface area contributed by atoms with Gasteiger partial charge in [0.1, 0.15) is 0 Å². The van der Waals surface area contributed by atoms with Crippen LogP contribution in [0.1, 0.15) is 31.0 Å². The van der Waals surface area contributed by atoms with Crippen molar-refractivity contribution in [2.45, 2.75) is 52.0 Å². The third-order valence-corrected chi connectivity index (χ3v) is 4.88. The zero-order valence-electron chi connectivity index (χ0n) is 12.8. The molecule has 2 aliphatic rings. The molecule has 1 aromatic rings. The number of morpholine rings is 1. The third-order valence-electron chi connectivity index (χ3n) is 4.05. The van der Waals surface area contributed by atoms with Crippen LogP contribution in [0.15, 0.2) is 5.38 Å². The number of nitrogens with zero attached hydrogens (tertiary/aromatic N) is 2. The van der Waals surface area contributed by atoms with Crippen LogP contribution in [0.25, 0.3) is 0 Å². The van der Waals surface area contributed by atoms with Crippen molar-refractivity contribution in [2.75, 3.05) is 13.1 Å². The monoisotopic (exact) mass is 309 g/mol. The van der Waals surface area contributed by atoms with E-state index in [9.17, 15) is 4.79 Å². The smallest absolute Gasteiger partial charge is 0.226 e. The summed E-state index contributed by atoms with van der Waals surface area (Å²) in [6.45, 7) is 8.61. The number of carbonyl (C=O) groups is 1. The van der Waals surface area contributed by atoms with Crippen molar-refractivity contribution in [2.24, 2.45) is 5.92 Å². The van der Waals surface area contributed by atoms with E-state index in [4.69, 9.17) is 4.74 Å². The van der Waals surface area contributed by atoms with E-state index in [1.54, 1.807) is 11.3 Å². The van der Waals surface area contributed by atoms with Gasteiger partial charge in [0.05, 0.1) is 28.8 Å². The van der Waals surface area contributed by atoms with Gasteiger partial charge in [-0.15, -0.1) is 11.3 Å². The molecule has 2 fully saturated rings. The Morgan fingerprint density at radius 3 is 3.05 bits per heavy atom. The van der Waals surface area contributed by atoms with Gasteiger partial charge in [-0.05, 0) is 27.2 Å². The fraction of sp³-hybridized carbons (Fsp3) is 0.733. The first-order chi connectivity index (χ1) is 10.0.